The third-order valence-corrected chi connectivity index (χ3v) is 7.81. The minimum absolute atomic E-state index is 0.0852. The molecule has 3 aliphatic rings. The van der Waals surface area contributed by atoms with Crippen molar-refractivity contribution in [2.75, 3.05) is 40.9 Å². The van der Waals surface area contributed by atoms with Crippen LogP contribution in [0.4, 0.5) is 0 Å². The number of amides is 1. The number of carbonyl (C=O) groups is 3. The molecule has 0 saturated heterocycles. The molecule has 1 amide bonds. The van der Waals surface area contributed by atoms with Gasteiger partial charge in [-0.05, 0) is 69.9 Å². The Labute approximate surface area is 216 Å². The van der Waals surface area contributed by atoms with Crippen LogP contribution in [0, 0.1) is 17.8 Å². The highest BCUT2D eigenvalue weighted by Gasteiger charge is 2.54. The summed E-state index contributed by atoms with van der Waals surface area (Å²) in [5, 5.41) is 32.8. The van der Waals surface area contributed by atoms with Gasteiger partial charge in [0.2, 0.25) is 0 Å². The van der Waals surface area contributed by atoms with Crippen LogP contribution in [0.15, 0.2) is 34.8 Å². The highest BCUT2D eigenvalue weighted by molar-refractivity contribution is 6.22. The lowest BCUT2D eigenvalue weighted by atomic mass is 9.60. The van der Waals surface area contributed by atoms with Gasteiger partial charge in [-0.1, -0.05) is 6.07 Å². The molecule has 1 aromatic rings. The number of allylic oxidation sites excluding steroid dienone is 2. The van der Waals surface area contributed by atoms with Crippen LogP contribution in [-0.4, -0.2) is 89.5 Å². The maximum atomic E-state index is 13.7. The number of carbonyl (C=O) groups excluding carboxylic acids is 3. The zero-order valence-electron chi connectivity index (χ0n) is 21.7. The number of hydrogen-bond acceptors (Lipinski definition) is 9. The molecule has 0 spiro atoms. The van der Waals surface area contributed by atoms with Gasteiger partial charge < -0.3 is 25.8 Å². The Bertz CT molecular complexity index is 1200. The summed E-state index contributed by atoms with van der Waals surface area (Å²) < 4.78 is 5.44. The monoisotopic (exact) mass is 513 g/mol. The number of nitrogens with zero attached hydrogens (tertiary/aromatic N) is 2. The summed E-state index contributed by atoms with van der Waals surface area (Å²) >= 11 is 0. The van der Waals surface area contributed by atoms with E-state index in [1.165, 1.54) is 6.07 Å². The van der Waals surface area contributed by atoms with E-state index in [1.54, 1.807) is 25.1 Å². The highest BCUT2D eigenvalue weighted by Crippen LogP contribution is 2.50. The largest absolute Gasteiger partial charge is 0.511 e. The molecule has 0 bridgehead atoms. The van der Waals surface area contributed by atoms with Crippen molar-refractivity contribution in [3.05, 3.63) is 51.5 Å². The van der Waals surface area contributed by atoms with Crippen LogP contribution in [-0.2, 0) is 27.3 Å². The summed E-state index contributed by atoms with van der Waals surface area (Å²) in [5.74, 6) is -5.55. The number of ether oxygens (including phenoxy) is 1. The molecular formula is C27H35N3O7. The van der Waals surface area contributed by atoms with Crippen molar-refractivity contribution in [2.24, 2.45) is 23.5 Å². The maximum Gasteiger partial charge on any atom is 0.255 e. The predicted molar refractivity (Wildman–Crippen MR) is 135 cm³/mol. The van der Waals surface area contributed by atoms with Gasteiger partial charge in [0.05, 0.1) is 24.1 Å². The molecule has 0 saturated carbocycles. The Morgan fingerprint density at radius 1 is 1.14 bits per heavy atom. The highest BCUT2D eigenvalue weighted by atomic mass is 16.5. The van der Waals surface area contributed by atoms with E-state index in [-0.39, 0.29) is 16.9 Å². The lowest BCUT2D eigenvalue weighted by Gasteiger charge is -2.46. The second kappa shape index (κ2) is 10.3. The van der Waals surface area contributed by atoms with Crippen molar-refractivity contribution >= 4 is 17.5 Å². The molecule has 1 aromatic carbocycles. The molecule has 4 atom stereocenters. The first-order valence-corrected chi connectivity index (χ1v) is 12.5. The van der Waals surface area contributed by atoms with E-state index in [2.05, 4.69) is 4.90 Å². The molecule has 4 rings (SSSR count). The summed E-state index contributed by atoms with van der Waals surface area (Å²) in [6.45, 7) is 4.36. The van der Waals surface area contributed by atoms with Crippen LogP contribution in [0.2, 0.25) is 0 Å². The molecule has 200 valence electrons. The Morgan fingerprint density at radius 2 is 1.84 bits per heavy atom. The van der Waals surface area contributed by atoms with Gasteiger partial charge in [-0.25, -0.2) is 0 Å². The lowest BCUT2D eigenvalue weighted by molar-refractivity contribution is -0.127. The van der Waals surface area contributed by atoms with Crippen molar-refractivity contribution in [1.82, 2.24) is 9.80 Å². The van der Waals surface area contributed by atoms with Gasteiger partial charge in [-0.15, -0.1) is 0 Å². The summed E-state index contributed by atoms with van der Waals surface area (Å²) in [5.41, 5.74) is 6.69. The summed E-state index contributed by atoms with van der Waals surface area (Å²) in [6, 6.07) is 2.55. The first kappa shape index (κ1) is 26.8. The summed E-state index contributed by atoms with van der Waals surface area (Å²) in [4.78, 5) is 42.8. The Morgan fingerprint density at radius 3 is 2.46 bits per heavy atom. The number of hydrogen-bond donors (Lipinski definition) is 4. The quantitative estimate of drug-likeness (QED) is 0.299. The predicted octanol–water partition coefficient (Wildman–Crippen LogP) is 1.47. The molecule has 0 fully saturated rings. The number of likely N-dealkylation sites (N-methyl/N-ethyl adjacent to an activating group) is 2. The van der Waals surface area contributed by atoms with Crippen molar-refractivity contribution < 1.29 is 34.4 Å². The maximum absolute atomic E-state index is 13.7. The summed E-state index contributed by atoms with van der Waals surface area (Å²) in [7, 11) is 5.36. The van der Waals surface area contributed by atoms with Crippen molar-refractivity contribution in [1.29, 1.82) is 0 Å². The van der Waals surface area contributed by atoms with E-state index in [1.807, 2.05) is 14.0 Å². The average molecular weight is 514 g/mol. The fourth-order valence-electron chi connectivity index (χ4n) is 6.22. The number of primary amides is 1. The number of aliphatic hydroxyl groups excluding tert-OH is 2. The standard InChI is InChI=1S/C27H35N3O7/c1-5-37-9-8-30(4)12-13-6-7-17(31)19-15(13)10-14-11-16-20(24(33)18(14)23(19)32)25(34)21(27(28)36)26(35)22(16)29(2)3/h6-7,14,16,20,22,31,33,35H,5,8-12H2,1-4H3,(H2,28,36)/t14-,16+,20-,22-/m0/s1. The average Bonchev–Trinajstić information content (AvgIpc) is 2.80. The van der Waals surface area contributed by atoms with Crippen molar-refractivity contribution in [3.8, 4) is 5.75 Å². The van der Waals surface area contributed by atoms with Crippen LogP contribution in [0.5, 0.6) is 5.75 Å². The number of rotatable bonds is 8. The van der Waals surface area contributed by atoms with E-state index in [0.29, 0.717) is 39.1 Å². The number of phenols is 1. The van der Waals surface area contributed by atoms with Gasteiger partial charge in [-0.3, -0.25) is 24.2 Å². The van der Waals surface area contributed by atoms with E-state index < -0.39 is 58.4 Å². The first-order valence-electron chi connectivity index (χ1n) is 12.5. The van der Waals surface area contributed by atoms with Crippen LogP contribution < -0.4 is 5.73 Å². The molecule has 3 aliphatic carbocycles. The fourth-order valence-corrected chi connectivity index (χ4v) is 6.22. The lowest BCUT2D eigenvalue weighted by Crippen LogP contribution is -2.53. The van der Waals surface area contributed by atoms with Crippen LogP contribution in [0.1, 0.15) is 34.8 Å². The minimum atomic E-state index is -1.18. The number of fused-ring (bicyclic) bond motifs is 3. The second-order valence-corrected chi connectivity index (χ2v) is 10.3. The topological polar surface area (TPSA) is 154 Å². The third kappa shape index (κ3) is 4.54. The Hall–Kier alpha value is -3.21. The number of benzene rings is 1. The zero-order chi connectivity index (χ0) is 27.2. The van der Waals surface area contributed by atoms with Gasteiger partial charge in [-0.2, -0.15) is 0 Å². The van der Waals surface area contributed by atoms with Gasteiger partial charge in [0.1, 0.15) is 22.8 Å². The van der Waals surface area contributed by atoms with Gasteiger partial charge in [0, 0.05) is 25.3 Å². The number of phenolic OH excluding ortho intramolecular Hbond substituents is 1. The number of aliphatic hydroxyl groups is 2. The number of Topliss-reactive ketones (excluding diaryl/α,β-unsaturated/α-hetero) is 2. The van der Waals surface area contributed by atoms with E-state index >= 15 is 0 Å². The number of ketones is 2. The minimum Gasteiger partial charge on any atom is -0.511 e. The molecule has 10 heteroatoms. The molecule has 0 unspecified atom stereocenters. The van der Waals surface area contributed by atoms with Crippen LogP contribution >= 0.6 is 0 Å². The normalized spacial score (nSPS) is 25.5. The van der Waals surface area contributed by atoms with Crippen molar-refractivity contribution in [2.45, 2.75) is 32.4 Å². The molecule has 5 N–H and O–H groups in total. The van der Waals surface area contributed by atoms with Gasteiger partial charge in [0.15, 0.2) is 11.6 Å². The van der Waals surface area contributed by atoms with Crippen LogP contribution in [0.25, 0.3) is 0 Å². The van der Waals surface area contributed by atoms with E-state index in [9.17, 15) is 29.7 Å². The molecule has 37 heavy (non-hydrogen) atoms. The zero-order valence-corrected chi connectivity index (χ0v) is 21.7. The molecule has 0 aromatic heterocycles. The molecule has 10 nitrogen and oxygen atoms in total. The first-order chi connectivity index (χ1) is 17.5. The molecule has 0 aliphatic heterocycles. The van der Waals surface area contributed by atoms with Gasteiger partial charge >= 0.3 is 0 Å². The fraction of sp³-hybridized carbons (Fsp3) is 0.519. The smallest absolute Gasteiger partial charge is 0.255 e. The van der Waals surface area contributed by atoms with E-state index in [4.69, 9.17) is 10.5 Å². The van der Waals surface area contributed by atoms with E-state index in [0.717, 1.165) is 11.1 Å². The number of aromatic hydroxyl groups is 1. The van der Waals surface area contributed by atoms with Crippen molar-refractivity contribution in [3.63, 3.8) is 0 Å². The SMILES string of the molecule is CCOCCN(C)Cc1ccc(O)c2c1C[C@H]1C[C@@H]3[C@H](C(=O)C(C(N)=O)=C(O)[C@H]3N(C)C)C(O)=C1C2=O. The Balaban J connectivity index is 1.77. The third-order valence-electron chi connectivity index (χ3n) is 7.81. The van der Waals surface area contributed by atoms with Gasteiger partial charge in [0.25, 0.3) is 5.91 Å². The molecular weight excluding hydrogens is 478 g/mol. The summed E-state index contributed by atoms with van der Waals surface area (Å²) in [6.07, 6.45) is 0.712. The molecule has 0 radical (unpaired) electrons. The number of nitrogens with two attached hydrogens (primary N) is 1. The van der Waals surface area contributed by atoms with Crippen LogP contribution in [0.3, 0.4) is 0 Å². The Kier molecular flexibility index (Phi) is 7.45. The second-order valence-electron chi connectivity index (χ2n) is 10.3. The molecule has 0 heterocycles.